The Morgan fingerprint density at radius 2 is 2.12 bits per heavy atom. The fraction of sp³-hybridized carbons (Fsp3) is 0.571. The van der Waals surface area contributed by atoms with Gasteiger partial charge in [-0.3, -0.25) is 0 Å². The Balaban J connectivity index is 2.05. The predicted molar refractivity (Wildman–Crippen MR) is 72.8 cm³/mol. The van der Waals surface area contributed by atoms with Gasteiger partial charge in [0.2, 0.25) is 0 Å². The van der Waals surface area contributed by atoms with E-state index in [1.807, 2.05) is 19.1 Å². The molecule has 2 rings (SSSR count). The van der Waals surface area contributed by atoms with E-state index in [-0.39, 0.29) is 10.9 Å². The number of hydrogen-bond donors (Lipinski definition) is 0. The molecule has 1 fully saturated rings. The summed E-state index contributed by atoms with van der Waals surface area (Å²) < 4.78 is 11.2. The highest BCUT2D eigenvalue weighted by Crippen LogP contribution is 2.37. The minimum atomic E-state index is 0.274. The summed E-state index contributed by atoms with van der Waals surface area (Å²) in [6.45, 7) is 5.83. The molecule has 1 saturated heterocycles. The topological polar surface area (TPSA) is 18.5 Å². The van der Waals surface area contributed by atoms with Crippen LogP contribution < -0.4 is 4.74 Å². The van der Waals surface area contributed by atoms with E-state index in [0.29, 0.717) is 12.5 Å². The maximum absolute atomic E-state index is 5.78. The Labute approximate surface area is 111 Å². The lowest BCUT2D eigenvalue weighted by Gasteiger charge is -2.21. The van der Waals surface area contributed by atoms with Crippen molar-refractivity contribution in [1.82, 2.24) is 0 Å². The minimum absolute atomic E-state index is 0.274. The largest absolute Gasteiger partial charge is 0.494 e. The molecular formula is C14H19BrO2. The first-order chi connectivity index (χ1) is 8.22. The molecule has 1 aromatic carbocycles. The lowest BCUT2D eigenvalue weighted by molar-refractivity contribution is 0.0935. The van der Waals surface area contributed by atoms with Gasteiger partial charge in [-0.05, 0) is 37.0 Å². The van der Waals surface area contributed by atoms with Gasteiger partial charge in [0.15, 0.2) is 0 Å². The summed E-state index contributed by atoms with van der Waals surface area (Å²) in [5.41, 5.74) is 1.26. The first kappa shape index (κ1) is 12.9. The highest BCUT2D eigenvalue weighted by atomic mass is 79.9. The van der Waals surface area contributed by atoms with Gasteiger partial charge in [-0.1, -0.05) is 35.0 Å². The van der Waals surface area contributed by atoms with Crippen LogP contribution in [0.2, 0.25) is 0 Å². The van der Waals surface area contributed by atoms with Gasteiger partial charge in [0.05, 0.1) is 17.5 Å². The lowest BCUT2D eigenvalue weighted by Crippen LogP contribution is -2.19. The highest BCUT2D eigenvalue weighted by molar-refractivity contribution is 9.09. The first-order valence-corrected chi connectivity index (χ1v) is 7.12. The average molecular weight is 299 g/mol. The van der Waals surface area contributed by atoms with Crippen molar-refractivity contribution in [2.75, 3.05) is 13.2 Å². The molecule has 0 N–H and O–H groups in total. The van der Waals surface area contributed by atoms with Crippen LogP contribution in [0.5, 0.6) is 5.75 Å². The second-order valence-electron chi connectivity index (χ2n) is 4.51. The second kappa shape index (κ2) is 5.87. The second-order valence-corrected chi connectivity index (χ2v) is 5.49. The van der Waals surface area contributed by atoms with E-state index >= 15 is 0 Å². The van der Waals surface area contributed by atoms with Crippen LogP contribution in [-0.2, 0) is 4.74 Å². The number of hydrogen-bond acceptors (Lipinski definition) is 2. The lowest BCUT2D eigenvalue weighted by atomic mass is 9.97. The van der Waals surface area contributed by atoms with Gasteiger partial charge in [0.25, 0.3) is 0 Å². The van der Waals surface area contributed by atoms with Crippen LogP contribution in [0.25, 0.3) is 0 Å². The van der Waals surface area contributed by atoms with Crippen molar-refractivity contribution >= 4 is 15.9 Å². The van der Waals surface area contributed by atoms with Gasteiger partial charge < -0.3 is 9.47 Å². The SMILES string of the molecule is CCOc1ccc(C(Br)C2OCCC2C)cc1. The minimum Gasteiger partial charge on any atom is -0.494 e. The standard InChI is InChI=1S/C14H19BrO2/c1-3-16-12-6-4-11(5-7-12)13(15)14-10(2)8-9-17-14/h4-7,10,13-14H,3,8-9H2,1-2H3. The van der Waals surface area contributed by atoms with E-state index < -0.39 is 0 Å². The number of halogens is 1. The maximum atomic E-state index is 5.78. The smallest absolute Gasteiger partial charge is 0.119 e. The van der Waals surface area contributed by atoms with E-state index in [1.165, 1.54) is 5.56 Å². The summed E-state index contributed by atoms with van der Waals surface area (Å²) in [7, 11) is 0. The van der Waals surface area contributed by atoms with Crippen molar-refractivity contribution < 1.29 is 9.47 Å². The van der Waals surface area contributed by atoms with E-state index in [1.54, 1.807) is 0 Å². The predicted octanol–water partition coefficient (Wildman–Crippen LogP) is 3.95. The Hall–Kier alpha value is -0.540. The van der Waals surface area contributed by atoms with Gasteiger partial charge in [0, 0.05) is 6.61 Å². The molecule has 3 atom stereocenters. The molecule has 1 aliphatic rings. The highest BCUT2D eigenvalue weighted by Gasteiger charge is 2.31. The van der Waals surface area contributed by atoms with Crippen molar-refractivity contribution in [2.45, 2.75) is 31.2 Å². The van der Waals surface area contributed by atoms with Crippen molar-refractivity contribution in [1.29, 1.82) is 0 Å². The van der Waals surface area contributed by atoms with Gasteiger partial charge >= 0.3 is 0 Å². The van der Waals surface area contributed by atoms with Gasteiger partial charge in [-0.2, -0.15) is 0 Å². The molecule has 0 spiro atoms. The zero-order valence-electron chi connectivity index (χ0n) is 10.4. The number of ether oxygens (including phenoxy) is 2. The molecule has 0 aromatic heterocycles. The van der Waals surface area contributed by atoms with Crippen molar-refractivity contribution in [2.24, 2.45) is 5.92 Å². The van der Waals surface area contributed by atoms with Gasteiger partial charge in [-0.25, -0.2) is 0 Å². The molecule has 0 bridgehead atoms. The van der Waals surface area contributed by atoms with Crippen LogP contribution in [-0.4, -0.2) is 19.3 Å². The van der Waals surface area contributed by atoms with Gasteiger partial charge in [0.1, 0.15) is 5.75 Å². The average Bonchev–Trinajstić information content (AvgIpc) is 2.76. The molecule has 0 amide bonds. The molecule has 94 valence electrons. The molecule has 0 saturated carbocycles. The van der Waals surface area contributed by atoms with Crippen molar-refractivity contribution in [3.05, 3.63) is 29.8 Å². The number of rotatable bonds is 4. The summed E-state index contributed by atoms with van der Waals surface area (Å²) in [6.07, 6.45) is 1.44. The van der Waals surface area contributed by atoms with Gasteiger partial charge in [-0.15, -0.1) is 0 Å². The summed E-state index contributed by atoms with van der Waals surface area (Å²) in [5.74, 6) is 1.54. The number of benzene rings is 1. The zero-order valence-corrected chi connectivity index (χ0v) is 11.9. The van der Waals surface area contributed by atoms with Crippen molar-refractivity contribution in [3.8, 4) is 5.75 Å². The first-order valence-electron chi connectivity index (χ1n) is 6.20. The van der Waals surface area contributed by atoms with Crippen LogP contribution in [0.3, 0.4) is 0 Å². The van der Waals surface area contributed by atoms with E-state index in [0.717, 1.165) is 18.8 Å². The van der Waals surface area contributed by atoms with E-state index in [2.05, 4.69) is 35.0 Å². The maximum Gasteiger partial charge on any atom is 0.119 e. The third-order valence-electron chi connectivity index (χ3n) is 3.24. The number of alkyl halides is 1. The van der Waals surface area contributed by atoms with Crippen molar-refractivity contribution in [3.63, 3.8) is 0 Å². The van der Waals surface area contributed by atoms with E-state index in [4.69, 9.17) is 9.47 Å². The molecule has 1 aromatic rings. The molecule has 17 heavy (non-hydrogen) atoms. The summed E-state index contributed by atoms with van der Waals surface area (Å²) in [5, 5.41) is 0. The fourth-order valence-electron chi connectivity index (χ4n) is 2.20. The molecule has 2 nitrogen and oxygen atoms in total. The van der Waals surface area contributed by atoms with E-state index in [9.17, 15) is 0 Å². The summed E-state index contributed by atoms with van der Waals surface area (Å²) >= 11 is 3.75. The van der Waals surface area contributed by atoms with Crippen LogP contribution in [0, 0.1) is 5.92 Å². The van der Waals surface area contributed by atoms with Crippen LogP contribution >= 0.6 is 15.9 Å². The van der Waals surface area contributed by atoms with Crippen LogP contribution in [0.15, 0.2) is 24.3 Å². The monoisotopic (exact) mass is 298 g/mol. The Morgan fingerprint density at radius 1 is 1.41 bits per heavy atom. The molecular weight excluding hydrogens is 280 g/mol. The summed E-state index contributed by atoms with van der Waals surface area (Å²) in [4.78, 5) is 0.274. The zero-order chi connectivity index (χ0) is 12.3. The Morgan fingerprint density at radius 3 is 2.65 bits per heavy atom. The van der Waals surface area contributed by atoms with Crippen LogP contribution in [0.4, 0.5) is 0 Å². The van der Waals surface area contributed by atoms with Crippen LogP contribution in [0.1, 0.15) is 30.7 Å². The summed E-state index contributed by atoms with van der Waals surface area (Å²) in [6, 6.07) is 8.26. The molecule has 1 aliphatic heterocycles. The quantitative estimate of drug-likeness (QED) is 0.784. The molecule has 0 radical (unpaired) electrons. The normalized spacial score (nSPS) is 25.8. The third-order valence-corrected chi connectivity index (χ3v) is 4.29. The fourth-order valence-corrected chi connectivity index (χ4v) is 3.17. The molecule has 1 heterocycles. The molecule has 0 aliphatic carbocycles. The Kier molecular flexibility index (Phi) is 4.46. The molecule has 3 heteroatoms. The third kappa shape index (κ3) is 3.02. The molecule has 3 unspecified atom stereocenters. The Bertz CT molecular complexity index is 350.